The molecular weight excluding hydrogens is 662 g/mol. The number of hydrogen-bond donors (Lipinski definition) is 7. The minimum atomic E-state index is -5.41. The smallest absolute Gasteiger partial charge is 0.387 e. The summed E-state index contributed by atoms with van der Waals surface area (Å²) in [4.78, 5) is 46.2. The van der Waals surface area contributed by atoms with Gasteiger partial charge < -0.3 is 46.0 Å². The number of ether oxygens (including phenoxy) is 2. The zero-order chi connectivity index (χ0) is 33.4. The molecule has 0 radical (unpaired) electrons. The lowest BCUT2D eigenvalue weighted by molar-refractivity contribution is -0.765. The van der Waals surface area contributed by atoms with E-state index in [0.29, 0.717) is 0 Å². The summed E-state index contributed by atoms with van der Waals surface area (Å²) >= 11 is 0. The number of aliphatic hydroxyl groups excluding tert-OH is 3. The number of pyridine rings is 1. The first-order valence-electron chi connectivity index (χ1n) is 13.0. The summed E-state index contributed by atoms with van der Waals surface area (Å²) in [5.41, 5.74) is 20.4. The van der Waals surface area contributed by atoms with Crippen molar-refractivity contribution in [2.45, 2.75) is 49.0 Å². The Kier molecular flexibility index (Phi) is 9.68. The normalized spacial score (nSPS) is 30.5. The number of aromatic nitrogens is 5. The number of fused-ring (bicyclic) bond motifs is 1. The van der Waals surface area contributed by atoms with Gasteiger partial charge in [0.25, 0.3) is 12.1 Å². The van der Waals surface area contributed by atoms with Gasteiger partial charge in [-0.25, -0.2) is 24.1 Å². The van der Waals surface area contributed by atoms with Crippen LogP contribution in [0, 0.1) is 0 Å². The van der Waals surface area contributed by atoms with Crippen molar-refractivity contribution < 1.29 is 66.4 Å². The van der Waals surface area contributed by atoms with Gasteiger partial charge in [0.05, 0.1) is 25.6 Å². The fourth-order valence-corrected chi connectivity index (χ4v) is 6.87. The van der Waals surface area contributed by atoms with Crippen LogP contribution in [-0.2, 0) is 32.0 Å². The van der Waals surface area contributed by atoms with Crippen LogP contribution in [-0.4, -0.2) is 100 Å². The average Bonchev–Trinajstić information content (AvgIpc) is 3.65. The molecule has 3 aromatic rings. The van der Waals surface area contributed by atoms with Gasteiger partial charge in [0.2, 0.25) is 0 Å². The standard InChI is InChI=1S/C21H26N10O13P2/c22-17-13-19(26-7-25-17)31(8-27-13)21-16(34)14(32)11(43-21)6-41-46(38,39)44-45(36,37)40-5-10-12(28-29-24)15(33)20(42-10)30-3-1-2-9(4-30)18(23)35/h1-4,7-8,10-12,14-16,20-21,32-34H,5-6H2,(H5-,22,23,25,26,35,36,37,38,39)/p+1/t10-,11-,12?,14-,15-,16-,20-,21-/m1/s1. The summed E-state index contributed by atoms with van der Waals surface area (Å²) < 4.78 is 52.5. The second kappa shape index (κ2) is 13.2. The number of nitrogens with zero attached hydrogens (tertiary/aromatic N) is 8. The third kappa shape index (κ3) is 7.01. The molecule has 2 aliphatic heterocycles. The summed E-state index contributed by atoms with van der Waals surface area (Å²) in [5, 5.41) is 35.1. The van der Waals surface area contributed by atoms with E-state index in [1.165, 1.54) is 40.0 Å². The molecule has 2 fully saturated rings. The Bertz CT molecular complexity index is 1760. The van der Waals surface area contributed by atoms with Gasteiger partial charge in [0.15, 0.2) is 36.2 Å². The van der Waals surface area contributed by atoms with E-state index in [-0.39, 0.29) is 22.5 Å². The average molecular weight is 689 g/mol. The van der Waals surface area contributed by atoms with Crippen molar-refractivity contribution in [3.8, 4) is 0 Å². The lowest BCUT2D eigenvalue weighted by atomic mass is 10.1. The summed E-state index contributed by atoms with van der Waals surface area (Å²) in [5.74, 6) is -0.733. The van der Waals surface area contributed by atoms with E-state index in [1.54, 1.807) is 0 Å². The predicted octanol–water partition coefficient (Wildman–Crippen LogP) is -1.70. The molecule has 3 unspecified atom stereocenters. The molecule has 248 valence electrons. The van der Waals surface area contributed by atoms with E-state index in [0.717, 1.165) is 6.33 Å². The molecule has 5 heterocycles. The molecular formula is C21H27N10O13P2+. The highest BCUT2D eigenvalue weighted by atomic mass is 31.3. The molecule has 9 N–H and O–H groups in total. The van der Waals surface area contributed by atoms with Crippen LogP contribution in [0.15, 0.2) is 42.3 Å². The lowest BCUT2D eigenvalue weighted by Gasteiger charge is -2.20. The number of hydrogen-bond acceptors (Lipinski definition) is 16. The van der Waals surface area contributed by atoms with Gasteiger partial charge in [0, 0.05) is 11.0 Å². The van der Waals surface area contributed by atoms with E-state index >= 15 is 0 Å². The number of carbonyl (C=O) groups is 1. The number of aliphatic hydroxyl groups is 3. The Labute approximate surface area is 256 Å². The molecule has 0 saturated carbocycles. The summed E-state index contributed by atoms with van der Waals surface area (Å²) in [6, 6.07) is 1.44. The molecule has 0 bridgehead atoms. The van der Waals surface area contributed by atoms with Crippen LogP contribution in [0.5, 0.6) is 0 Å². The van der Waals surface area contributed by atoms with Gasteiger partial charge in [-0.2, -0.15) is 8.88 Å². The van der Waals surface area contributed by atoms with Gasteiger partial charge in [-0.05, 0) is 11.6 Å². The number of carbonyl (C=O) groups excluding carboxylic acids is 1. The third-order valence-electron chi connectivity index (χ3n) is 6.93. The number of rotatable bonds is 12. The first kappa shape index (κ1) is 33.7. The molecule has 0 aliphatic carbocycles. The number of primary amides is 1. The Morgan fingerprint density at radius 2 is 1.78 bits per heavy atom. The largest absolute Gasteiger partial charge is 0.481 e. The van der Waals surface area contributed by atoms with Gasteiger partial charge >= 0.3 is 15.6 Å². The molecule has 25 heteroatoms. The number of phosphoric ester groups is 2. The first-order valence-corrected chi connectivity index (χ1v) is 16.0. The highest BCUT2D eigenvalue weighted by Crippen LogP contribution is 2.60. The van der Waals surface area contributed by atoms with Gasteiger partial charge in [-0.3, -0.25) is 18.4 Å². The molecule has 1 amide bonds. The number of amides is 1. The van der Waals surface area contributed by atoms with Crippen LogP contribution < -0.4 is 16.0 Å². The fraction of sp³-hybridized carbons (Fsp3) is 0.476. The Balaban J connectivity index is 1.19. The Morgan fingerprint density at radius 1 is 1.09 bits per heavy atom. The molecule has 5 rings (SSSR count). The second-order valence-electron chi connectivity index (χ2n) is 9.89. The molecule has 2 aliphatic rings. The molecule has 23 nitrogen and oxygen atoms in total. The lowest BCUT2D eigenvalue weighted by Crippen LogP contribution is -2.46. The molecule has 46 heavy (non-hydrogen) atoms. The molecule has 2 saturated heterocycles. The number of nitrogen functional groups attached to an aromatic ring is 1. The maximum Gasteiger partial charge on any atom is 0.481 e. The number of nitrogens with two attached hydrogens (primary N) is 2. The monoisotopic (exact) mass is 689 g/mol. The fourth-order valence-electron chi connectivity index (χ4n) is 4.78. The maximum atomic E-state index is 12.5. The quantitative estimate of drug-likeness (QED) is 0.0366. The van der Waals surface area contributed by atoms with Gasteiger partial charge in [0.1, 0.15) is 41.8 Å². The van der Waals surface area contributed by atoms with E-state index in [9.17, 15) is 39.0 Å². The van der Waals surface area contributed by atoms with Crippen molar-refractivity contribution in [3.63, 3.8) is 0 Å². The zero-order valence-corrected chi connectivity index (χ0v) is 24.9. The van der Waals surface area contributed by atoms with Crippen LogP contribution in [0.4, 0.5) is 5.82 Å². The van der Waals surface area contributed by atoms with Crippen LogP contribution in [0.3, 0.4) is 0 Å². The summed E-state index contributed by atoms with van der Waals surface area (Å²) in [7, 11) is -10.8. The van der Waals surface area contributed by atoms with Crippen LogP contribution in [0.25, 0.3) is 21.6 Å². The SMILES string of the molecule is [N-]=[N+]=NC1[C@@H](O)[C@H]([n+]2cccc(C(N)=O)c2)O[C@@H]1COP(=O)(O)OP(=O)(O)OC[C@H]1O[C@@H](n2cnc3c(N)ncnc32)[C@H](O)[C@@H]1O. The van der Waals surface area contributed by atoms with Crippen molar-refractivity contribution in [1.29, 1.82) is 0 Å². The first-order chi connectivity index (χ1) is 21.7. The zero-order valence-electron chi connectivity index (χ0n) is 23.1. The van der Waals surface area contributed by atoms with Crippen LogP contribution >= 0.6 is 15.6 Å². The van der Waals surface area contributed by atoms with Crippen molar-refractivity contribution in [3.05, 3.63) is 53.2 Å². The van der Waals surface area contributed by atoms with Crippen molar-refractivity contribution in [2.75, 3.05) is 18.9 Å². The van der Waals surface area contributed by atoms with Gasteiger partial charge in [-0.1, -0.05) is 5.11 Å². The maximum absolute atomic E-state index is 12.5. The van der Waals surface area contributed by atoms with E-state index < -0.39 is 83.8 Å². The molecule has 0 spiro atoms. The Morgan fingerprint density at radius 3 is 2.46 bits per heavy atom. The number of imidazole rings is 1. The Hall–Kier alpha value is -3.66. The van der Waals surface area contributed by atoms with E-state index in [2.05, 4.69) is 29.3 Å². The van der Waals surface area contributed by atoms with E-state index in [4.69, 9.17) is 35.5 Å². The van der Waals surface area contributed by atoms with Crippen LogP contribution in [0.2, 0.25) is 0 Å². The number of anilines is 1. The summed E-state index contributed by atoms with van der Waals surface area (Å²) in [6.45, 7) is -1.81. The second-order valence-corrected chi connectivity index (χ2v) is 12.9. The van der Waals surface area contributed by atoms with E-state index in [1.807, 2.05) is 0 Å². The number of phosphoric acid groups is 2. The summed E-state index contributed by atoms with van der Waals surface area (Å²) in [6.07, 6.45) is -5.17. The topological polar surface area (TPSA) is 347 Å². The number of azide groups is 1. The van der Waals surface area contributed by atoms with Gasteiger partial charge in [-0.15, -0.1) is 0 Å². The highest BCUT2D eigenvalue weighted by Gasteiger charge is 2.50. The van der Waals surface area contributed by atoms with Crippen molar-refractivity contribution in [2.24, 2.45) is 10.8 Å². The minimum absolute atomic E-state index is 0.0448. The van der Waals surface area contributed by atoms with Crippen molar-refractivity contribution in [1.82, 2.24) is 19.5 Å². The predicted molar refractivity (Wildman–Crippen MR) is 146 cm³/mol. The minimum Gasteiger partial charge on any atom is -0.387 e. The van der Waals surface area contributed by atoms with Crippen LogP contribution in [0.1, 0.15) is 22.8 Å². The molecule has 10 atom stereocenters. The molecule has 0 aromatic carbocycles. The third-order valence-corrected chi connectivity index (χ3v) is 9.53. The molecule has 3 aromatic heterocycles. The highest BCUT2D eigenvalue weighted by molar-refractivity contribution is 7.61. The van der Waals surface area contributed by atoms with Crippen molar-refractivity contribution >= 4 is 38.5 Å².